The molecule has 0 bridgehead atoms. The first-order valence-corrected chi connectivity index (χ1v) is 14.6. The minimum Gasteiger partial charge on any atom is -0.458 e. The van der Waals surface area contributed by atoms with Crippen molar-refractivity contribution >= 4 is 5.97 Å². The standard InChI is InChI=1S/C29H58O7/c1-5-6-7-8-9-10-11-12-13-14-15-16-17-18-31-19-20-32-21-22-33-23-24-34-25-26-35-27-28(30)36-29(2,3)4/h5-27H2,1-4H3. The van der Waals surface area contributed by atoms with Gasteiger partial charge >= 0.3 is 5.97 Å². The molecule has 0 unspecified atom stereocenters. The number of hydrogen-bond donors (Lipinski definition) is 0. The summed E-state index contributed by atoms with van der Waals surface area (Å²) in [4.78, 5) is 11.5. The lowest BCUT2D eigenvalue weighted by atomic mass is 10.0. The van der Waals surface area contributed by atoms with Crippen molar-refractivity contribution in [1.29, 1.82) is 0 Å². The molecule has 0 amide bonds. The Morgan fingerprint density at radius 3 is 1.19 bits per heavy atom. The molecule has 7 heteroatoms. The zero-order chi connectivity index (χ0) is 26.6. The van der Waals surface area contributed by atoms with Crippen LogP contribution in [0.2, 0.25) is 0 Å². The first-order valence-electron chi connectivity index (χ1n) is 14.6. The third kappa shape index (κ3) is 31.3. The maximum Gasteiger partial charge on any atom is 0.332 e. The van der Waals surface area contributed by atoms with E-state index >= 15 is 0 Å². The van der Waals surface area contributed by atoms with Gasteiger partial charge in [0.15, 0.2) is 0 Å². The van der Waals surface area contributed by atoms with Crippen molar-refractivity contribution in [2.24, 2.45) is 0 Å². The molecule has 0 heterocycles. The van der Waals surface area contributed by atoms with Crippen molar-refractivity contribution < 1.29 is 33.2 Å². The second-order valence-electron chi connectivity index (χ2n) is 10.3. The second-order valence-corrected chi connectivity index (χ2v) is 10.3. The highest BCUT2D eigenvalue weighted by atomic mass is 16.6. The highest BCUT2D eigenvalue weighted by Crippen LogP contribution is 2.12. The Morgan fingerprint density at radius 2 is 0.806 bits per heavy atom. The van der Waals surface area contributed by atoms with Crippen molar-refractivity contribution in [1.82, 2.24) is 0 Å². The molecule has 0 aromatic heterocycles. The van der Waals surface area contributed by atoms with Gasteiger partial charge in [-0.2, -0.15) is 0 Å². The molecule has 0 aliphatic carbocycles. The van der Waals surface area contributed by atoms with E-state index in [-0.39, 0.29) is 12.6 Å². The van der Waals surface area contributed by atoms with Crippen LogP contribution in [0.15, 0.2) is 0 Å². The Labute approximate surface area is 222 Å². The predicted octanol–water partition coefficient (Wildman–Crippen LogP) is 6.50. The van der Waals surface area contributed by atoms with Gasteiger partial charge in [0.1, 0.15) is 12.2 Å². The number of ether oxygens (including phenoxy) is 6. The number of unbranched alkanes of at least 4 members (excludes halogenated alkanes) is 12. The maximum absolute atomic E-state index is 11.5. The van der Waals surface area contributed by atoms with Crippen LogP contribution in [0.1, 0.15) is 111 Å². The molecule has 0 N–H and O–H groups in total. The fraction of sp³-hybridized carbons (Fsp3) is 0.966. The highest BCUT2D eigenvalue weighted by molar-refractivity contribution is 5.71. The number of hydrogen-bond acceptors (Lipinski definition) is 7. The third-order valence-electron chi connectivity index (χ3n) is 5.52. The van der Waals surface area contributed by atoms with E-state index in [1.54, 1.807) is 0 Å². The number of esters is 1. The van der Waals surface area contributed by atoms with Gasteiger partial charge in [-0.05, 0) is 27.2 Å². The molecule has 0 aliphatic heterocycles. The van der Waals surface area contributed by atoms with E-state index < -0.39 is 5.60 Å². The summed E-state index contributed by atoms with van der Waals surface area (Å²) in [6.07, 6.45) is 17.8. The summed E-state index contributed by atoms with van der Waals surface area (Å²) >= 11 is 0. The minimum absolute atomic E-state index is 0.0580. The molecule has 0 aromatic carbocycles. The van der Waals surface area contributed by atoms with Crippen molar-refractivity contribution in [2.75, 3.05) is 66.1 Å². The number of rotatable bonds is 28. The van der Waals surface area contributed by atoms with Gasteiger partial charge < -0.3 is 28.4 Å². The highest BCUT2D eigenvalue weighted by Gasteiger charge is 2.15. The molecule has 0 rings (SSSR count). The van der Waals surface area contributed by atoms with Crippen LogP contribution in [0.4, 0.5) is 0 Å². The molecular weight excluding hydrogens is 460 g/mol. The molecular formula is C29H58O7. The summed E-state index contributed by atoms with van der Waals surface area (Å²) in [6.45, 7) is 12.6. The van der Waals surface area contributed by atoms with Gasteiger partial charge in [-0.3, -0.25) is 0 Å². The smallest absolute Gasteiger partial charge is 0.332 e. The van der Waals surface area contributed by atoms with Crippen LogP contribution in [0, 0.1) is 0 Å². The van der Waals surface area contributed by atoms with E-state index in [1.165, 1.54) is 77.0 Å². The van der Waals surface area contributed by atoms with E-state index in [4.69, 9.17) is 28.4 Å². The lowest BCUT2D eigenvalue weighted by Gasteiger charge is -2.19. The van der Waals surface area contributed by atoms with Crippen LogP contribution in [0.25, 0.3) is 0 Å². The van der Waals surface area contributed by atoms with E-state index in [9.17, 15) is 4.79 Å². The zero-order valence-electron chi connectivity index (χ0n) is 24.1. The zero-order valence-corrected chi connectivity index (χ0v) is 24.1. The fourth-order valence-corrected chi connectivity index (χ4v) is 3.63. The van der Waals surface area contributed by atoms with E-state index in [0.717, 1.165) is 13.0 Å². The van der Waals surface area contributed by atoms with Crippen molar-refractivity contribution in [3.05, 3.63) is 0 Å². The van der Waals surface area contributed by atoms with Gasteiger partial charge in [0.2, 0.25) is 0 Å². The predicted molar refractivity (Wildman–Crippen MR) is 146 cm³/mol. The van der Waals surface area contributed by atoms with Gasteiger partial charge in [0.25, 0.3) is 0 Å². The first kappa shape index (κ1) is 35.3. The van der Waals surface area contributed by atoms with Crippen molar-refractivity contribution in [3.63, 3.8) is 0 Å². The monoisotopic (exact) mass is 518 g/mol. The van der Waals surface area contributed by atoms with Crippen LogP contribution >= 0.6 is 0 Å². The van der Waals surface area contributed by atoms with E-state index in [1.807, 2.05) is 20.8 Å². The van der Waals surface area contributed by atoms with Crippen LogP contribution < -0.4 is 0 Å². The van der Waals surface area contributed by atoms with Gasteiger partial charge in [-0.15, -0.1) is 0 Å². The van der Waals surface area contributed by atoms with Gasteiger partial charge in [-0.1, -0.05) is 84.0 Å². The van der Waals surface area contributed by atoms with Crippen molar-refractivity contribution in [3.8, 4) is 0 Å². The van der Waals surface area contributed by atoms with Crippen LogP contribution in [-0.4, -0.2) is 77.6 Å². The molecule has 0 saturated carbocycles. The van der Waals surface area contributed by atoms with Crippen LogP contribution in [-0.2, 0) is 33.2 Å². The first-order chi connectivity index (χ1) is 17.5. The molecule has 0 aromatic rings. The summed E-state index contributed by atoms with van der Waals surface area (Å²) in [5, 5.41) is 0. The van der Waals surface area contributed by atoms with Crippen LogP contribution in [0.3, 0.4) is 0 Å². The normalized spacial score (nSPS) is 11.8. The third-order valence-corrected chi connectivity index (χ3v) is 5.52. The van der Waals surface area contributed by atoms with Gasteiger partial charge in [-0.25, -0.2) is 4.79 Å². The molecule has 0 radical (unpaired) electrons. The molecule has 0 saturated heterocycles. The SMILES string of the molecule is CCCCCCCCCCCCCCCOCCOCCOCCOCCOCC(=O)OC(C)(C)C. The van der Waals surface area contributed by atoms with Gasteiger partial charge in [0, 0.05) is 6.61 Å². The second kappa shape index (κ2) is 27.3. The Bertz CT molecular complexity index is 451. The summed E-state index contributed by atoms with van der Waals surface area (Å²) in [5.74, 6) is -0.365. The lowest BCUT2D eigenvalue weighted by molar-refractivity contribution is -0.160. The lowest BCUT2D eigenvalue weighted by Crippen LogP contribution is -2.27. The molecule has 7 nitrogen and oxygen atoms in total. The topological polar surface area (TPSA) is 72.5 Å². The molecule has 0 fully saturated rings. The molecule has 0 atom stereocenters. The van der Waals surface area contributed by atoms with Gasteiger partial charge in [0.05, 0.1) is 52.9 Å². The maximum atomic E-state index is 11.5. The van der Waals surface area contributed by atoms with E-state index in [0.29, 0.717) is 52.9 Å². The summed E-state index contributed by atoms with van der Waals surface area (Å²) in [7, 11) is 0. The minimum atomic E-state index is -0.489. The summed E-state index contributed by atoms with van der Waals surface area (Å²) in [6, 6.07) is 0. The number of carbonyl (C=O) groups is 1. The Balaban J connectivity index is 3.09. The Hall–Kier alpha value is -0.730. The Morgan fingerprint density at radius 1 is 0.472 bits per heavy atom. The molecule has 0 aliphatic rings. The average Bonchev–Trinajstić information content (AvgIpc) is 2.82. The Kier molecular flexibility index (Phi) is 26.8. The summed E-state index contributed by atoms with van der Waals surface area (Å²) in [5.41, 5.74) is -0.489. The molecule has 216 valence electrons. The molecule has 0 spiro atoms. The number of carbonyl (C=O) groups excluding carboxylic acids is 1. The molecule has 36 heavy (non-hydrogen) atoms. The largest absolute Gasteiger partial charge is 0.458 e. The van der Waals surface area contributed by atoms with E-state index in [2.05, 4.69) is 6.92 Å². The average molecular weight is 519 g/mol. The summed E-state index contributed by atoms with van der Waals surface area (Å²) < 4.78 is 32.4. The van der Waals surface area contributed by atoms with Crippen molar-refractivity contribution in [2.45, 2.75) is 117 Å². The quantitative estimate of drug-likeness (QED) is 0.0864. The fourth-order valence-electron chi connectivity index (χ4n) is 3.63. The van der Waals surface area contributed by atoms with Crippen LogP contribution in [0.5, 0.6) is 0 Å².